The zero-order chi connectivity index (χ0) is 21.7. The van der Waals surface area contributed by atoms with Crippen LogP contribution in [0.1, 0.15) is 12.0 Å². The van der Waals surface area contributed by atoms with Crippen molar-refractivity contribution >= 4 is 43.7 Å². The summed E-state index contributed by atoms with van der Waals surface area (Å²) in [6.07, 6.45) is -1.76. The Hall–Kier alpha value is -2.59. The second-order valence-electron chi connectivity index (χ2n) is 6.99. The number of para-hydroxylation sites is 1. The summed E-state index contributed by atoms with van der Waals surface area (Å²) in [5, 5.41) is 0. The van der Waals surface area contributed by atoms with Crippen LogP contribution in [0.3, 0.4) is 0 Å². The van der Waals surface area contributed by atoms with E-state index >= 15 is 0 Å². The van der Waals surface area contributed by atoms with E-state index in [4.69, 9.17) is 9.47 Å². The largest absolute Gasteiger partial charge is 0.467 e. The van der Waals surface area contributed by atoms with Crippen molar-refractivity contribution in [3.63, 3.8) is 0 Å². The summed E-state index contributed by atoms with van der Waals surface area (Å²) in [5.41, 5.74) is 1.09. The maximum Gasteiger partial charge on any atom is 0.411 e. The van der Waals surface area contributed by atoms with Crippen molar-refractivity contribution in [1.29, 1.82) is 0 Å². The first-order valence-corrected chi connectivity index (χ1v) is 11.3. The third-order valence-electron chi connectivity index (χ3n) is 5.47. The summed E-state index contributed by atoms with van der Waals surface area (Å²) in [7, 11) is -1.67. The molecule has 8 nitrogen and oxygen atoms in total. The molecule has 2 aromatic rings. The van der Waals surface area contributed by atoms with Gasteiger partial charge in [-0.1, -0.05) is 52.3 Å². The molecule has 30 heavy (non-hydrogen) atoms. The Morgan fingerprint density at radius 1 is 1.03 bits per heavy atom. The van der Waals surface area contributed by atoms with Gasteiger partial charge in [-0.15, -0.1) is 0 Å². The molecular weight excluding hydrogens is 476 g/mol. The van der Waals surface area contributed by atoms with E-state index in [0.717, 1.165) is 4.90 Å². The average Bonchev–Trinajstić information content (AvgIpc) is 3.20. The number of benzene rings is 2. The number of esters is 1. The van der Waals surface area contributed by atoms with Crippen LogP contribution in [-0.4, -0.2) is 51.8 Å². The molecule has 0 N–H and O–H groups in total. The number of hydrogen-bond donors (Lipinski definition) is 0. The topological polar surface area (TPSA) is 93.2 Å². The van der Waals surface area contributed by atoms with Gasteiger partial charge in [0.2, 0.25) is 0 Å². The molecule has 4 rings (SSSR count). The van der Waals surface area contributed by atoms with Crippen LogP contribution < -0.4 is 4.31 Å². The zero-order valence-electron chi connectivity index (χ0n) is 16.2. The molecule has 2 aromatic carbocycles. The van der Waals surface area contributed by atoms with Gasteiger partial charge in [0, 0.05) is 6.42 Å². The van der Waals surface area contributed by atoms with Crippen molar-refractivity contribution in [2.24, 2.45) is 0 Å². The minimum Gasteiger partial charge on any atom is -0.467 e. The third kappa shape index (κ3) is 2.81. The van der Waals surface area contributed by atoms with E-state index in [2.05, 4.69) is 15.9 Å². The van der Waals surface area contributed by atoms with E-state index in [-0.39, 0.29) is 11.3 Å². The lowest BCUT2D eigenvalue weighted by Gasteiger charge is -2.35. The van der Waals surface area contributed by atoms with Gasteiger partial charge in [-0.25, -0.2) is 22.3 Å². The predicted molar refractivity (Wildman–Crippen MR) is 112 cm³/mol. The van der Waals surface area contributed by atoms with Crippen LogP contribution in [0.4, 0.5) is 10.5 Å². The number of ether oxygens (including phenoxy) is 2. The smallest absolute Gasteiger partial charge is 0.411 e. The van der Waals surface area contributed by atoms with Crippen LogP contribution in [0, 0.1) is 0 Å². The SMILES string of the molecule is COC(=O)C1C[C@@]2(Br)c3ccccc3N(S(=O)(=O)c3ccccc3)C2N1C(=O)OC. The third-order valence-corrected chi connectivity index (χ3v) is 8.41. The molecule has 2 unspecified atom stereocenters. The number of likely N-dealkylation sites (tertiary alicyclic amines) is 1. The van der Waals surface area contributed by atoms with E-state index in [1.54, 1.807) is 42.5 Å². The summed E-state index contributed by atoms with van der Waals surface area (Å²) in [4.78, 5) is 26.5. The number of amides is 1. The minimum atomic E-state index is -4.07. The number of carbonyl (C=O) groups is 2. The number of methoxy groups -OCH3 is 2. The molecule has 0 radical (unpaired) electrons. The first kappa shape index (κ1) is 20.7. The highest BCUT2D eigenvalue weighted by Gasteiger charge is 2.65. The lowest BCUT2D eigenvalue weighted by Crippen LogP contribution is -2.55. The lowest BCUT2D eigenvalue weighted by atomic mass is 9.96. The zero-order valence-corrected chi connectivity index (χ0v) is 18.6. The number of halogens is 1. The van der Waals surface area contributed by atoms with Crippen molar-refractivity contribution in [3.05, 3.63) is 60.2 Å². The highest BCUT2D eigenvalue weighted by atomic mass is 79.9. The van der Waals surface area contributed by atoms with E-state index < -0.39 is 38.6 Å². The molecule has 2 aliphatic heterocycles. The first-order valence-electron chi connectivity index (χ1n) is 9.09. The molecule has 2 aliphatic rings. The average molecular weight is 495 g/mol. The molecule has 1 amide bonds. The van der Waals surface area contributed by atoms with Crippen molar-refractivity contribution in [2.45, 2.75) is 27.8 Å². The molecule has 2 heterocycles. The molecule has 158 valence electrons. The second-order valence-corrected chi connectivity index (χ2v) is 10.2. The summed E-state index contributed by atoms with van der Waals surface area (Å²) in [6.45, 7) is 0. The van der Waals surface area contributed by atoms with Crippen LogP contribution in [0.15, 0.2) is 59.5 Å². The van der Waals surface area contributed by atoms with Gasteiger partial charge in [-0.3, -0.25) is 4.90 Å². The van der Waals surface area contributed by atoms with Gasteiger partial charge in [0.1, 0.15) is 12.2 Å². The molecule has 0 bridgehead atoms. The standard InChI is InChI=1S/C20H19BrN2O6S/c1-28-17(24)16-12-20(21)14-10-6-7-11-15(14)23(18(20)22(16)19(25)29-2)30(26,27)13-8-4-3-5-9-13/h3-11,16,18H,12H2,1-2H3/t16?,18?,20-/m1/s1. The van der Waals surface area contributed by atoms with E-state index in [0.29, 0.717) is 11.3 Å². The van der Waals surface area contributed by atoms with E-state index in [9.17, 15) is 18.0 Å². The number of fused-ring (bicyclic) bond motifs is 3. The first-order chi connectivity index (χ1) is 14.3. The highest BCUT2D eigenvalue weighted by molar-refractivity contribution is 9.09. The van der Waals surface area contributed by atoms with Gasteiger partial charge in [0.15, 0.2) is 0 Å². The Balaban J connectivity index is 1.96. The van der Waals surface area contributed by atoms with Gasteiger partial charge in [-0.2, -0.15) is 0 Å². The van der Waals surface area contributed by atoms with Crippen molar-refractivity contribution < 1.29 is 27.5 Å². The maximum absolute atomic E-state index is 13.7. The predicted octanol–water partition coefficient (Wildman–Crippen LogP) is 2.83. The number of anilines is 1. The fourth-order valence-corrected chi connectivity index (χ4v) is 7.10. The van der Waals surface area contributed by atoms with Crippen LogP contribution in [-0.2, 0) is 28.6 Å². The molecule has 1 saturated heterocycles. The maximum atomic E-state index is 13.7. The Labute approximate surface area is 182 Å². The van der Waals surface area contributed by atoms with Crippen molar-refractivity contribution in [1.82, 2.24) is 4.90 Å². The number of rotatable bonds is 3. The summed E-state index contributed by atoms with van der Waals surface area (Å²) in [5.74, 6) is -0.650. The summed E-state index contributed by atoms with van der Waals surface area (Å²) in [6, 6.07) is 13.9. The number of hydrogen-bond acceptors (Lipinski definition) is 6. The van der Waals surface area contributed by atoms with Crippen LogP contribution in [0.2, 0.25) is 0 Å². The van der Waals surface area contributed by atoms with E-state index in [1.807, 2.05) is 0 Å². The molecule has 0 spiro atoms. The monoisotopic (exact) mass is 494 g/mol. The number of alkyl halides is 1. The highest BCUT2D eigenvalue weighted by Crippen LogP contribution is 2.59. The molecule has 0 aromatic heterocycles. The Morgan fingerprint density at radius 2 is 1.67 bits per heavy atom. The fraction of sp³-hybridized carbons (Fsp3) is 0.300. The summed E-state index contributed by atoms with van der Waals surface area (Å²) < 4.78 is 37.4. The Bertz CT molecular complexity index is 1110. The molecular formula is C20H19BrN2O6S. The Kier molecular flexibility index (Phi) is 5.01. The van der Waals surface area contributed by atoms with Crippen molar-refractivity contribution in [3.8, 4) is 0 Å². The number of sulfonamides is 1. The number of carbonyl (C=O) groups excluding carboxylic acids is 2. The minimum absolute atomic E-state index is 0.0721. The quantitative estimate of drug-likeness (QED) is 0.481. The summed E-state index contributed by atoms with van der Waals surface area (Å²) >= 11 is 3.69. The Morgan fingerprint density at radius 3 is 2.30 bits per heavy atom. The van der Waals surface area contributed by atoms with Crippen molar-refractivity contribution in [2.75, 3.05) is 18.5 Å². The van der Waals surface area contributed by atoms with Gasteiger partial charge in [0.25, 0.3) is 10.0 Å². The molecule has 1 fully saturated rings. The molecule has 10 heteroatoms. The van der Waals surface area contributed by atoms with Gasteiger partial charge < -0.3 is 9.47 Å². The molecule has 3 atom stereocenters. The van der Waals surface area contributed by atoms with Crippen LogP contribution in [0.5, 0.6) is 0 Å². The number of nitrogens with zero attached hydrogens (tertiary/aromatic N) is 2. The second kappa shape index (κ2) is 7.28. The fourth-order valence-electron chi connectivity index (χ4n) is 4.21. The van der Waals surface area contributed by atoms with E-state index in [1.165, 1.54) is 30.7 Å². The van der Waals surface area contributed by atoms with Gasteiger partial charge in [0.05, 0.1) is 29.1 Å². The normalized spacial score (nSPS) is 24.9. The van der Waals surface area contributed by atoms with Gasteiger partial charge in [-0.05, 0) is 23.8 Å². The molecule has 0 aliphatic carbocycles. The van der Waals surface area contributed by atoms with Crippen LogP contribution >= 0.6 is 15.9 Å². The lowest BCUT2D eigenvalue weighted by molar-refractivity contribution is -0.145. The molecule has 0 saturated carbocycles. The van der Waals surface area contributed by atoms with Gasteiger partial charge >= 0.3 is 12.1 Å². The van der Waals surface area contributed by atoms with Crippen LogP contribution in [0.25, 0.3) is 0 Å².